The molecule has 0 unspecified atom stereocenters. The normalized spacial score (nSPS) is 11.3. The Bertz CT molecular complexity index is 782. The molecule has 0 saturated carbocycles. The largest absolute Gasteiger partial charge is 0.340 e. The van der Waals surface area contributed by atoms with E-state index in [1.165, 1.54) is 6.33 Å². The first-order valence-electron chi connectivity index (χ1n) is 5.62. The molecule has 6 nitrogen and oxygen atoms in total. The van der Waals surface area contributed by atoms with Crippen LogP contribution in [0, 0.1) is 0 Å². The molecule has 0 radical (unpaired) electrons. The third-order valence-corrected chi connectivity index (χ3v) is 3.29. The Morgan fingerprint density at radius 2 is 2.05 bits per heavy atom. The maximum Gasteiger partial charge on any atom is 0.182 e. The molecule has 0 aliphatic carbocycles. The van der Waals surface area contributed by atoms with Gasteiger partial charge in [-0.3, -0.25) is 5.43 Å². The number of halogens is 2. The third kappa shape index (κ3) is 2.56. The van der Waals surface area contributed by atoms with Gasteiger partial charge in [-0.15, -0.1) is 0 Å². The number of nitrogens with one attached hydrogen (secondary N) is 2. The Labute approximate surface area is 123 Å². The topological polar surface area (TPSA) is 78.8 Å². The number of hydrogen-bond acceptors (Lipinski definition) is 5. The Balaban J connectivity index is 1.80. The van der Waals surface area contributed by atoms with Gasteiger partial charge in [-0.1, -0.05) is 29.3 Å². The summed E-state index contributed by atoms with van der Waals surface area (Å²) in [6.45, 7) is 0. The van der Waals surface area contributed by atoms with Crippen LogP contribution >= 0.6 is 23.2 Å². The lowest BCUT2D eigenvalue weighted by atomic mass is 10.2. The van der Waals surface area contributed by atoms with Gasteiger partial charge in [-0.05, 0) is 17.7 Å². The summed E-state index contributed by atoms with van der Waals surface area (Å²) in [6.07, 6.45) is 4.58. The number of anilines is 1. The highest BCUT2D eigenvalue weighted by molar-refractivity contribution is 6.42. The van der Waals surface area contributed by atoms with Gasteiger partial charge in [0.2, 0.25) is 0 Å². The highest BCUT2D eigenvalue weighted by Gasteiger charge is 2.03. The van der Waals surface area contributed by atoms with E-state index >= 15 is 0 Å². The van der Waals surface area contributed by atoms with E-state index < -0.39 is 0 Å². The minimum absolute atomic E-state index is 0.480. The van der Waals surface area contributed by atoms with Crippen molar-refractivity contribution in [2.45, 2.75) is 0 Å². The van der Waals surface area contributed by atoms with Crippen molar-refractivity contribution in [1.29, 1.82) is 0 Å². The molecule has 1 aromatic carbocycles. The van der Waals surface area contributed by atoms with Gasteiger partial charge < -0.3 is 4.98 Å². The fraction of sp³-hybridized carbons (Fsp3) is 0. The van der Waals surface area contributed by atoms with Gasteiger partial charge in [0.05, 0.1) is 22.6 Å². The van der Waals surface area contributed by atoms with Crippen molar-refractivity contribution in [3.05, 3.63) is 46.5 Å². The zero-order valence-electron chi connectivity index (χ0n) is 10.0. The van der Waals surface area contributed by atoms with Crippen molar-refractivity contribution in [3.63, 3.8) is 0 Å². The number of nitrogens with zero attached hydrogens (tertiary/aromatic N) is 4. The maximum absolute atomic E-state index is 5.93. The molecule has 8 heteroatoms. The van der Waals surface area contributed by atoms with Crippen molar-refractivity contribution in [2.24, 2.45) is 5.10 Å². The molecule has 2 heterocycles. The van der Waals surface area contributed by atoms with E-state index in [2.05, 4.69) is 30.5 Å². The number of H-pyrrole nitrogens is 1. The number of fused-ring (bicyclic) bond motifs is 1. The Hall–Kier alpha value is -2.18. The molecule has 0 fully saturated rings. The second-order valence-corrected chi connectivity index (χ2v) is 4.68. The van der Waals surface area contributed by atoms with E-state index in [0.717, 1.165) is 5.56 Å². The standard InChI is InChI=1S/C12H8Cl2N6/c13-8-2-1-7(3-9(8)14)4-19-20-12-10-11(16-5-15-10)17-6-18-12/h1-6H,(H2,15,16,17,18,20)/b19-4-. The number of benzene rings is 1. The molecule has 0 aliphatic rings. The van der Waals surface area contributed by atoms with Crippen LogP contribution in [0.1, 0.15) is 5.56 Å². The van der Waals surface area contributed by atoms with E-state index in [1.807, 2.05) is 6.07 Å². The van der Waals surface area contributed by atoms with Crippen LogP contribution in [0.3, 0.4) is 0 Å². The van der Waals surface area contributed by atoms with Crippen molar-refractivity contribution >= 4 is 46.4 Å². The average molecular weight is 307 g/mol. The van der Waals surface area contributed by atoms with E-state index in [0.29, 0.717) is 27.0 Å². The summed E-state index contributed by atoms with van der Waals surface area (Å²) in [5.74, 6) is 0.545. The van der Waals surface area contributed by atoms with Gasteiger partial charge in [-0.25, -0.2) is 15.0 Å². The highest BCUT2D eigenvalue weighted by atomic mass is 35.5. The van der Waals surface area contributed by atoms with Crippen molar-refractivity contribution in [3.8, 4) is 0 Å². The molecule has 0 spiro atoms. The fourth-order valence-electron chi connectivity index (χ4n) is 1.61. The second kappa shape index (κ2) is 5.44. The van der Waals surface area contributed by atoms with Crippen LogP contribution in [0.25, 0.3) is 11.2 Å². The van der Waals surface area contributed by atoms with Crippen LogP contribution in [0.15, 0.2) is 36.0 Å². The first kappa shape index (κ1) is 12.8. The quantitative estimate of drug-likeness (QED) is 0.575. The lowest BCUT2D eigenvalue weighted by Gasteiger charge is -2.00. The molecule has 100 valence electrons. The molecular formula is C12H8Cl2N6. The van der Waals surface area contributed by atoms with Gasteiger partial charge in [0, 0.05) is 0 Å². The van der Waals surface area contributed by atoms with Gasteiger partial charge >= 0.3 is 0 Å². The predicted octanol–water partition coefficient (Wildman–Crippen LogP) is 3.11. The van der Waals surface area contributed by atoms with Crippen molar-refractivity contribution in [2.75, 3.05) is 5.43 Å². The summed E-state index contributed by atoms with van der Waals surface area (Å²) in [7, 11) is 0. The monoisotopic (exact) mass is 306 g/mol. The third-order valence-electron chi connectivity index (χ3n) is 2.55. The number of aromatic amines is 1. The zero-order valence-corrected chi connectivity index (χ0v) is 11.5. The molecule has 2 aromatic heterocycles. The number of hydrogen-bond donors (Lipinski definition) is 2. The molecule has 20 heavy (non-hydrogen) atoms. The van der Waals surface area contributed by atoms with E-state index in [9.17, 15) is 0 Å². The Morgan fingerprint density at radius 1 is 1.15 bits per heavy atom. The minimum atomic E-state index is 0.480. The van der Waals surface area contributed by atoms with Crippen molar-refractivity contribution < 1.29 is 0 Å². The number of imidazole rings is 1. The molecule has 0 atom stereocenters. The summed E-state index contributed by atoms with van der Waals surface area (Å²) in [5, 5.41) is 5.08. The lowest BCUT2D eigenvalue weighted by molar-refractivity contribution is 1.17. The minimum Gasteiger partial charge on any atom is -0.340 e. The highest BCUT2D eigenvalue weighted by Crippen LogP contribution is 2.21. The van der Waals surface area contributed by atoms with Crippen LogP contribution in [-0.2, 0) is 0 Å². The van der Waals surface area contributed by atoms with Crippen molar-refractivity contribution in [1.82, 2.24) is 19.9 Å². The molecule has 0 saturated heterocycles. The van der Waals surface area contributed by atoms with Gasteiger partial charge in [-0.2, -0.15) is 5.10 Å². The van der Waals surface area contributed by atoms with Gasteiger partial charge in [0.1, 0.15) is 11.8 Å². The van der Waals surface area contributed by atoms with Gasteiger partial charge in [0.15, 0.2) is 11.5 Å². The van der Waals surface area contributed by atoms with Crippen LogP contribution in [-0.4, -0.2) is 26.2 Å². The number of hydrazone groups is 1. The van der Waals surface area contributed by atoms with E-state index in [1.54, 1.807) is 24.7 Å². The molecule has 0 amide bonds. The fourth-order valence-corrected chi connectivity index (χ4v) is 1.92. The summed E-state index contributed by atoms with van der Waals surface area (Å²) in [5.41, 5.74) is 4.92. The number of rotatable bonds is 3. The van der Waals surface area contributed by atoms with E-state index in [-0.39, 0.29) is 0 Å². The zero-order chi connectivity index (χ0) is 13.9. The van der Waals surface area contributed by atoms with Crippen LogP contribution in [0.5, 0.6) is 0 Å². The summed E-state index contributed by atoms with van der Waals surface area (Å²) in [6, 6.07) is 5.25. The maximum atomic E-state index is 5.93. The number of aromatic nitrogens is 4. The van der Waals surface area contributed by atoms with Crippen LogP contribution < -0.4 is 5.43 Å². The molecule has 3 aromatic rings. The second-order valence-electron chi connectivity index (χ2n) is 3.87. The molecular weight excluding hydrogens is 299 g/mol. The Morgan fingerprint density at radius 3 is 2.90 bits per heavy atom. The summed E-state index contributed by atoms with van der Waals surface area (Å²) >= 11 is 11.8. The van der Waals surface area contributed by atoms with E-state index in [4.69, 9.17) is 23.2 Å². The summed E-state index contributed by atoms with van der Waals surface area (Å²) in [4.78, 5) is 15.1. The molecule has 0 aliphatic heterocycles. The molecule has 3 rings (SSSR count). The predicted molar refractivity (Wildman–Crippen MR) is 79.4 cm³/mol. The molecule has 2 N–H and O–H groups in total. The SMILES string of the molecule is Clc1ccc(/C=N\Nc2ncnc3nc[nH]c23)cc1Cl. The first-order valence-corrected chi connectivity index (χ1v) is 6.38. The van der Waals surface area contributed by atoms with Crippen LogP contribution in [0.4, 0.5) is 5.82 Å². The first-order chi connectivity index (χ1) is 9.74. The average Bonchev–Trinajstić information content (AvgIpc) is 2.92. The smallest absolute Gasteiger partial charge is 0.182 e. The van der Waals surface area contributed by atoms with Gasteiger partial charge in [0.25, 0.3) is 0 Å². The lowest BCUT2D eigenvalue weighted by Crippen LogP contribution is -1.95. The molecule has 0 bridgehead atoms. The van der Waals surface area contributed by atoms with Crippen LogP contribution in [0.2, 0.25) is 10.0 Å². The summed E-state index contributed by atoms with van der Waals surface area (Å²) < 4.78 is 0. The Kier molecular flexibility index (Phi) is 3.49.